The second-order valence-electron chi connectivity index (χ2n) is 6.51. The van der Waals surface area contributed by atoms with Crippen LogP contribution in [-0.2, 0) is 6.54 Å². The van der Waals surface area contributed by atoms with Crippen LogP contribution in [0.3, 0.4) is 0 Å². The summed E-state index contributed by atoms with van der Waals surface area (Å²) < 4.78 is 1.75. The van der Waals surface area contributed by atoms with Crippen LogP contribution in [0.25, 0.3) is 5.65 Å². The summed E-state index contributed by atoms with van der Waals surface area (Å²) in [6.07, 6.45) is 7.07. The van der Waals surface area contributed by atoms with Crippen LogP contribution < -0.4 is 10.2 Å². The molecule has 0 radical (unpaired) electrons. The number of fused-ring (bicyclic) bond motifs is 1. The van der Waals surface area contributed by atoms with E-state index in [9.17, 15) is 0 Å². The van der Waals surface area contributed by atoms with Gasteiger partial charge < -0.3 is 10.2 Å². The third kappa shape index (κ3) is 3.55. The summed E-state index contributed by atoms with van der Waals surface area (Å²) in [4.78, 5) is 6.97. The number of anilines is 2. The van der Waals surface area contributed by atoms with Crippen molar-refractivity contribution >= 4 is 17.3 Å². The van der Waals surface area contributed by atoms with E-state index in [-0.39, 0.29) is 0 Å². The Morgan fingerprint density at radius 1 is 1.04 bits per heavy atom. The number of hydrogen-bond donors (Lipinski definition) is 1. The van der Waals surface area contributed by atoms with Crippen LogP contribution in [0.4, 0.5) is 11.6 Å². The largest absolute Gasteiger partial charge is 0.365 e. The molecule has 0 aromatic carbocycles. The lowest BCUT2D eigenvalue weighted by atomic mass is 10.2. The smallest absolute Gasteiger partial charge is 0.178 e. The van der Waals surface area contributed by atoms with Gasteiger partial charge in [0.2, 0.25) is 0 Å². The summed E-state index contributed by atoms with van der Waals surface area (Å²) in [6.45, 7) is 4.82. The molecule has 1 saturated heterocycles. The number of nitrogens with zero attached hydrogens (tertiary/aromatic N) is 6. The zero-order valence-corrected chi connectivity index (χ0v) is 14.5. The van der Waals surface area contributed by atoms with E-state index in [1.807, 2.05) is 25.3 Å². The summed E-state index contributed by atoms with van der Waals surface area (Å²) in [5, 5.41) is 16.0. The van der Waals surface area contributed by atoms with Gasteiger partial charge in [-0.3, -0.25) is 0 Å². The lowest BCUT2D eigenvalue weighted by Crippen LogP contribution is -2.25. The predicted octanol–water partition coefficient (Wildman–Crippen LogP) is 2.82. The van der Waals surface area contributed by atoms with Gasteiger partial charge in [-0.05, 0) is 49.6 Å². The first-order valence-electron chi connectivity index (χ1n) is 8.92. The van der Waals surface area contributed by atoms with Crippen molar-refractivity contribution in [2.75, 3.05) is 23.3 Å². The van der Waals surface area contributed by atoms with Crippen LogP contribution >= 0.6 is 0 Å². The molecule has 4 heterocycles. The number of pyridine rings is 1. The van der Waals surface area contributed by atoms with E-state index in [4.69, 9.17) is 0 Å². The Morgan fingerprint density at radius 3 is 2.72 bits per heavy atom. The first-order chi connectivity index (χ1) is 12.3. The summed E-state index contributed by atoms with van der Waals surface area (Å²) >= 11 is 0. The van der Waals surface area contributed by atoms with E-state index < -0.39 is 0 Å². The van der Waals surface area contributed by atoms with Crippen LogP contribution in [0.1, 0.15) is 37.1 Å². The molecule has 0 saturated carbocycles. The van der Waals surface area contributed by atoms with Gasteiger partial charge in [0, 0.05) is 25.8 Å². The van der Waals surface area contributed by atoms with Crippen LogP contribution in [0.5, 0.6) is 0 Å². The highest BCUT2D eigenvalue weighted by molar-refractivity contribution is 5.45. The maximum absolute atomic E-state index is 4.57. The lowest BCUT2D eigenvalue weighted by Gasteiger charge is -2.21. The van der Waals surface area contributed by atoms with Crippen molar-refractivity contribution in [2.24, 2.45) is 0 Å². The van der Waals surface area contributed by atoms with E-state index in [2.05, 4.69) is 42.6 Å². The Morgan fingerprint density at radius 2 is 1.88 bits per heavy atom. The Kier molecular flexibility index (Phi) is 4.45. The van der Waals surface area contributed by atoms with Gasteiger partial charge in [-0.2, -0.15) is 4.52 Å². The molecule has 7 nitrogen and oxygen atoms in total. The minimum atomic E-state index is 0.711. The molecule has 1 fully saturated rings. The van der Waals surface area contributed by atoms with Crippen molar-refractivity contribution in [3.63, 3.8) is 0 Å². The lowest BCUT2D eigenvalue weighted by molar-refractivity contribution is 0.726. The van der Waals surface area contributed by atoms with Crippen molar-refractivity contribution in [3.8, 4) is 0 Å². The molecule has 1 N–H and O–H groups in total. The normalized spacial score (nSPS) is 15.3. The van der Waals surface area contributed by atoms with Crippen molar-refractivity contribution in [1.29, 1.82) is 0 Å². The van der Waals surface area contributed by atoms with Gasteiger partial charge in [0.1, 0.15) is 11.6 Å². The highest BCUT2D eigenvalue weighted by Crippen LogP contribution is 2.18. The number of nitrogens with one attached hydrogen (secondary N) is 1. The average Bonchev–Trinajstić information content (AvgIpc) is 2.86. The Labute approximate surface area is 147 Å². The summed E-state index contributed by atoms with van der Waals surface area (Å²) in [5.74, 6) is 2.67. The first kappa shape index (κ1) is 15.8. The molecule has 3 aromatic rings. The highest BCUT2D eigenvalue weighted by atomic mass is 15.4. The zero-order valence-electron chi connectivity index (χ0n) is 14.5. The molecule has 0 atom stereocenters. The molecule has 0 spiro atoms. The summed E-state index contributed by atoms with van der Waals surface area (Å²) in [6, 6.07) is 8.09. The fourth-order valence-corrected chi connectivity index (χ4v) is 3.23. The first-order valence-corrected chi connectivity index (χ1v) is 8.92. The van der Waals surface area contributed by atoms with E-state index in [1.165, 1.54) is 31.2 Å². The molecule has 0 bridgehead atoms. The van der Waals surface area contributed by atoms with Gasteiger partial charge >= 0.3 is 0 Å². The fraction of sp³-hybridized carbons (Fsp3) is 0.444. The molecule has 1 aliphatic rings. The van der Waals surface area contributed by atoms with Crippen molar-refractivity contribution in [2.45, 2.75) is 39.2 Å². The monoisotopic (exact) mass is 337 g/mol. The second kappa shape index (κ2) is 7.04. The van der Waals surface area contributed by atoms with Crippen molar-refractivity contribution < 1.29 is 0 Å². The quantitative estimate of drug-likeness (QED) is 0.789. The molecule has 3 aromatic heterocycles. The minimum absolute atomic E-state index is 0.711. The molecule has 0 aliphatic carbocycles. The molecule has 0 amide bonds. The Bertz CT molecular complexity index is 850. The van der Waals surface area contributed by atoms with Crippen LogP contribution in [-0.4, -0.2) is 37.9 Å². The molecule has 130 valence electrons. The molecule has 25 heavy (non-hydrogen) atoms. The zero-order chi connectivity index (χ0) is 17.1. The minimum Gasteiger partial charge on any atom is -0.365 e. The van der Waals surface area contributed by atoms with Gasteiger partial charge in [0.15, 0.2) is 11.5 Å². The molecular formula is C18H23N7. The summed E-state index contributed by atoms with van der Waals surface area (Å²) in [7, 11) is 0. The Balaban J connectivity index is 1.46. The van der Waals surface area contributed by atoms with E-state index in [0.29, 0.717) is 6.54 Å². The molecule has 1 aliphatic heterocycles. The predicted molar refractivity (Wildman–Crippen MR) is 97.8 cm³/mol. The van der Waals surface area contributed by atoms with Crippen molar-refractivity contribution in [3.05, 3.63) is 41.9 Å². The second-order valence-corrected chi connectivity index (χ2v) is 6.51. The van der Waals surface area contributed by atoms with Gasteiger partial charge in [-0.1, -0.05) is 12.8 Å². The topological polar surface area (TPSA) is 71.2 Å². The standard InChI is InChI=1S/C18H23N7/c1-14-21-22-17-7-6-16(23-25(14)17)20-13-15-8-9-19-18(12-15)24-10-4-2-3-5-11-24/h6-9,12H,2-5,10-11,13H2,1H3,(H,20,23). The number of hydrogen-bond acceptors (Lipinski definition) is 6. The van der Waals surface area contributed by atoms with Crippen molar-refractivity contribution in [1.82, 2.24) is 24.8 Å². The number of rotatable bonds is 4. The average molecular weight is 337 g/mol. The van der Waals surface area contributed by atoms with Crippen LogP contribution in [0.2, 0.25) is 0 Å². The van der Waals surface area contributed by atoms with E-state index in [0.717, 1.165) is 36.2 Å². The van der Waals surface area contributed by atoms with Crippen LogP contribution in [0.15, 0.2) is 30.5 Å². The molecule has 7 heteroatoms. The number of aromatic nitrogens is 5. The summed E-state index contributed by atoms with van der Waals surface area (Å²) in [5.41, 5.74) is 1.96. The van der Waals surface area contributed by atoms with Gasteiger partial charge in [-0.15, -0.1) is 15.3 Å². The maximum Gasteiger partial charge on any atom is 0.178 e. The molecular weight excluding hydrogens is 314 g/mol. The Hall–Kier alpha value is -2.70. The maximum atomic E-state index is 4.57. The number of aryl methyl sites for hydroxylation is 1. The van der Waals surface area contributed by atoms with Gasteiger partial charge in [-0.25, -0.2) is 4.98 Å². The van der Waals surface area contributed by atoms with E-state index >= 15 is 0 Å². The van der Waals surface area contributed by atoms with Gasteiger partial charge in [0.05, 0.1) is 0 Å². The highest BCUT2D eigenvalue weighted by Gasteiger charge is 2.11. The third-order valence-electron chi connectivity index (χ3n) is 4.63. The van der Waals surface area contributed by atoms with E-state index in [1.54, 1.807) is 4.52 Å². The van der Waals surface area contributed by atoms with Crippen LogP contribution in [0, 0.1) is 6.92 Å². The third-order valence-corrected chi connectivity index (χ3v) is 4.63. The molecule has 0 unspecified atom stereocenters. The fourth-order valence-electron chi connectivity index (χ4n) is 3.23. The molecule has 4 rings (SSSR count). The van der Waals surface area contributed by atoms with Gasteiger partial charge in [0.25, 0.3) is 0 Å². The SMILES string of the molecule is Cc1nnc2ccc(NCc3ccnc(N4CCCCCC4)c3)nn12.